The third-order valence-corrected chi connectivity index (χ3v) is 6.44. The van der Waals surface area contributed by atoms with Crippen molar-refractivity contribution in [2.45, 2.75) is 56.7 Å². The lowest BCUT2D eigenvalue weighted by Gasteiger charge is -2.42. The minimum Gasteiger partial charge on any atom is -0.479 e. The zero-order valence-corrected chi connectivity index (χ0v) is 13.6. The SMILES string of the molecule is C[Si](C)(C)C1CCCC(Cc2ccccc2)(C(=O)O)O1. The molecular formula is C16H24O3Si. The van der Waals surface area contributed by atoms with Crippen LogP contribution in [-0.2, 0) is 16.0 Å². The average molecular weight is 292 g/mol. The Labute approximate surface area is 122 Å². The third kappa shape index (κ3) is 3.30. The van der Waals surface area contributed by atoms with Gasteiger partial charge in [-0.3, -0.25) is 0 Å². The first-order chi connectivity index (χ1) is 9.33. The van der Waals surface area contributed by atoms with Gasteiger partial charge in [0.2, 0.25) is 0 Å². The smallest absolute Gasteiger partial charge is 0.336 e. The Kier molecular flexibility index (Phi) is 4.35. The number of aliphatic carboxylic acids is 1. The summed E-state index contributed by atoms with van der Waals surface area (Å²) in [6.45, 7) is 6.74. The first-order valence-electron chi connectivity index (χ1n) is 7.29. The van der Waals surface area contributed by atoms with E-state index in [-0.39, 0.29) is 5.73 Å². The molecule has 0 bridgehead atoms. The molecular weight excluding hydrogens is 268 g/mol. The van der Waals surface area contributed by atoms with E-state index in [1.54, 1.807) is 0 Å². The molecule has 4 heteroatoms. The van der Waals surface area contributed by atoms with Crippen LogP contribution in [0.1, 0.15) is 24.8 Å². The van der Waals surface area contributed by atoms with Gasteiger partial charge in [0.05, 0.1) is 8.07 Å². The van der Waals surface area contributed by atoms with Crippen molar-refractivity contribution in [1.29, 1.82) is 0 Å². The van der Waals surface area contributed by atoms with E-state index >= 15 is 0 Å². The molecule has 1 saturated heterocycles. The van der Waals surface area contributed by atoms with Gasteiger partial charge in [-0.15, -0.1) is 0 Å². The molecule has 0 aliphatic carbocycles. The van der Waals surface area contributed by atoms with Gasteiger partial charge < -0.3 is 9.84 Å². The van der Waals surface area contributed by atoms with Crippen LogP contribution >= 0.6 is 0 Å². The number of carboxylic acids is 1. The number of ether oxygens (including phenoxy) is 1. The third-order valence-electron chi connectivity index (χ3n) is 4.10. The van der Waals surface area contributed by atoms with Crippen LogP contribution in [0.2, 0.25) is 19.6 Å². The Bertz CT molecular complexity index is 466. The Morgan fingerprint density at radius 3 is 2.55 bits per heavy atom. The monoisotopic (exact) mass is 292 g/mol. The van der Waals surface area contributed by atoms with Gasteiger partial charge in [-0.05, 0) is 24.8 Å². The number of carboxylic acid groups (broad SMARTS) is 1. The molecule has 1 N–H and O–H groups in total. The van der Waals surface area contributed by atoms with Gasteiger partial charge >= 0.3 is 5.97 Å². The fourth-order valence-corrected chi connectivity index (χ4v) is 4.51. The van der Waals surface area contributed by atoms with E-state index in [1.807, 2.05) is 30.3 Å². The summed E-state index contributed by atoms with van der Waals surface area (Å²) >= 11 is 0. The van der Waals surface area contributed by atoms with Crippen molar-refractivity contribution < 1.29 is 14.6 Å². The van der Waals surface area contributed by atoms with Gasteiger partial charge in [0.1, 0.15) is 0 Å². The minimum absolute atomic E-state index is 0.135. The number of carbonyl (C=O) groups is 1. The lowest BCUT2D eigenvalue weighted by molar-refractivity contribution is -0.176. The maximum atomic E-state index is 11.8. The Hall–Kier alpha value is -1.13. The molecule has 0 saturated carbocycles. The van der Waals surface area contributed by atoms with Crippen LogP contribution < -0.4 is 0 Å². The zero-order valence-electron chi connectivity index (χ0n) is 12.6. The van der Waals surface area contributed by atoms with Gasteiger partial charge in [-0.2, -0.15) is 0 Å². The predicted molar refractivity (Wildman–Crippen MR) is 82.6 cm³/mol. The summed E-state index contributed by atoms with van der Waals surface area (Å²) in [5, 5.41) is 9.72. The van der Waals surface area contributed by atoms with E-state index < -0.39 is 19.6 Å². The fourth-order valence-electron chi connectivity index (χ4n) is 2.86. The first kappa shape index (κ1) is 15.3. The number of rotatable bonds is 4. The summed E-state index contributed by atoms with van der Waals surface area (Å²) in [4.78, 5) is 11.8. The molecule has 1 aliphatic rings. The van der Waals surface area contributed by atoms with E-state index in [9.17, 15) is 9.90 Å². The molecule has 20 heavy (non-hydrogen) atoms. The Morgan fingerprint density at radius 1 is 1.35 bits per heavy atom. The van der Waals surface area contributed by atoms with Crippen molar-refractivity contribution in [3.63, 3.8) is 0 Å². The normalized spacial score (nSPS) is 27.2. The minimum atomic E-state index is -1.49. The Morgan fingerprint density at radius 2 is 2.00 bits per heavy atom. The van der Waals surface area contributed by atoms with Crippen molar-refractivity contribution >= 4 is 14.0 Å². The van der Waals surface area contributed by atoms with Gasteiger partial charge in [-0.25, -0.2) is 4.79 Å². The number of hydrogen-bond donors (Lipinski definition) is 1. The molecule has 2 unspecified atom stereocenters. The van der Waals surface area contributed by atoms with Crippen LogP contribution in [0.25, 0.3) is 0 Å². The molecule has 1 fully saturated rings. The van der Waals surface area contributed by atoms with Crippen molar-refractivity contribution in [3.05, 3.63) is 35.9 Å². The highest BCUT2D eigenvalue weighted by molar-refractivity contribution is 6.77. The highest BCUT2D eigenvalue weighted by Gasteiger charge is 2.47. The molecule has 1 aromatic rings. The number of benzene rings is 1. The van der Waals surface area contributed by atoms with Crippen molar-refractivity contribution in [2.75, 3.05) is 0 Å². The maximum Gasteiger partial charge on any atom is 0.336 e. The van der Waals surface area contributed by atoms with Gasteiger partial charge in [0, 0.05) is 12.1 Å². The summed E-state index contributed by atoms with van der Waals surface area (Å²) in [5.41, 5.74) is 0.132. The molecule has 2 rings (SSSR count). The summed E-state index contributed by atoms with van der Waals surface area (Å²) in [5.74, 6) is -0.815. The molecule has 0 amide bonds. The molecule has 1 aromatic carbocycles. The summed E-state index contributed by atoms with van der Waals surface area (Å²) in [6.07, 6.45) is 3.01. The van der Waals surface area contributed by atoms with Crippen LogP contribution in [-0.4, -0.2) is 30.5 Å². The largest absolute Gasteiger partial charge is 0.479 e. The standard InChI is InChI=1S/C16H24O3Si/c1-20(2,3)14-10-7-11-16(19-14,15(17)18)12-13-8-5-4-6-9-13/h4-6,8-9,14H,7,10-12H2,1-3H3,(H,17,18). The summed E-state index contributed by atoms with van der Waals surface area (Å²) in [7, 11) is -1.49. The molecule has 1 aliphatic heterocycles. The van der Waals surface area contributed by atoms with E-state index in [4.69, 9.17) is 4.74 Å². The maximum absolute atomic E-state index is 11.8. The molecule has 2 atom stereocenters. The lowest BCUT2D eigenvalue weighted by Crippen LogP contribution is -2.55. The second-order valence-corrected chi connectivity index (χ2v) is 12.2. The van der Waals surface area contributed by atoms with E-state index in [0.29, 0.717) is 12.8 Å². The van der Waals surface area contributed by atoms with E-state index in [2.05, 4.69) is 19.6 Å². The first-order valence-corrected chi connectivity index (χ1v) is 10.9. The van der Waals surface area contributed by atoms with Gasteiger partial charge in [0.25, 0.3) is 0 Å². The quantitative estimate of drug-likeness (QED) is 0.864. The number of hydrogen-bond acceptors (Lipinski definition) is 2. The highest BCUT2D eigenvalue weighted by atomic mass is 28.3. The molecule has 3 nitrogen and oxygen atoms in total. The molecule has 0 radical (unpaired) electrons. The topological polar surface area (TPSA) is 46.5 Å². The molecule has 1 heterocycles. The average Bonchev–Trinajstić information content (AvgIpc) is 2.39. The second kappa shape index (κ2) is 5.70. The Balaban J connectivity index is 2.24. The van der Waals surface area contributed by atoms with Crippen LogP contribution in [0, 0.1) is 0 Å². The van der Waals surface area contributed by atoms with Crippen molar-refractivity contribution in [3.8, 4) is 0 Å². The van der Waals surface area contributed by atoms with Gasteiger partial charge in [-0.1, -0.05) is 50.0 Å². The van der Waals surface area contributed by atoms with Crippen molar-refractivity contribution in [2.24, 2.45) is 0 Å². The predicted octanol–water partition coefficient (Wildman–Crippen LogP) is 3.50. The molecule has 110 valence electrons. The van der Waals surface area contributed by atoms with Crippen LogP contribution in [0.3, 0.4) is 0 Å². The van der Waals surface area contributed by atoms with E-state index in [0.717, 1.165) is 18.4 Å². The zero-order chi connectivity index (χ0) is 14.8. The van der Waals surface area contributed by atoms with Crippen LogP contribution in [0.4, 0.5) is 0 Å². The highest BCUT2D eigenvalue weighted by Crippen LogP contribution is 2.35. The van der Waals surface area contributed by atoms with Gasteiger partial charge in [0.15, 0.2) is 5.60 Å². The lowest BCUT2D eigenvalue weighted by atomic mass is 9.87. The van der Waals surface area contributed by atoms with Crippen molar-refractivity contribution in [1.82, 2.24) is 0 Å². The summed E-state index contributed by atoms with van der Waals surface area (Å²) < 4.78 is 6.17. The second-order valence-electron chi connectivity index (χ2n) is 6.83. The molecule has 0 spiro atoms. The molecule has 0 aromatic heterocycles. The summed E-state index contributed by atoms with van der Waals surface area (Å²) in [6, 6.07) is 9.80. The fraction of sp³-hybridized carbons (Fsp3) is 0.562. The van der Waals surface area contributed by atoms with E-state index in [1.165, 1.54) is 0 Å². The van der Waals surface area contributed by atoms with Crippen LogP contribution in [0.5, 0.6) is 0 Å². The van der Waals surface area contributed by atoms with Crippen LogP contribution in [0.15, 0.2) is 30.3 Å².